The van der Waals surface area contributed by atoms with Crippen LogP contribution in [-0.4, -0.2) is 53.7 Å². The average molecular weight is 437 g/mol. The van der Waals surface area contributed by atoms with E-state index in [1.54, 1.807) is 11.8 Å². The van der Waals surface area contributed by atoms with Crippen LogP contribution in [0.25, 0.3) is 11.1 Å². The third kappa shape index (κ3) is 4.61. The molecule has 1 atom stereocenters. The zero-order chi connectivity index (χ0) is 22.7. The van der Waals surface area contributed by atoms with Gasteiger partial charge >= 0.3 is 12.1 Å². The Morgan fingerprint density at radius 3 is 2.25 bits per heavy atom. The predicted molar refractivity (Wildman–Crippen MR) is 119 cm³/mol. The van der Waals surface area contributed by atoms with Crippen LogP contribution in [-0.2, 0) is 14.3 Å². The lowest BCUT2D eigenvalue weighted by molar-refractivity contribution is -0.140. The van der Waals surface area contributed by atoms with E-state index in [0.717, 1.165) is 28.7 Å². The zero-order valence-corrected chi connectivity index (χ0v) is 18.1. The number of nitrogens with zero attached hydrogens (tertiary/aromatic N) is 1. The highest BCUT2D eigenvalue weighted by Crippen LogP contribution is 2.44. The Bertz CT molecular complexity index is 969. The van der Waals surface area contributed by atoms with Gasteiger partial charge in [-0.05, 0) is 47.9 Å². The number of fused-ring (bicyclic) bond motifs is 3. The van der Waals surface area contributed by atoms with Crippen LogP contribution in [0.15, 0.2) is 48.5 Å². The third-order valence-corrected chi connectivity index (χ3v) is 6.32. The lowest BCUT2D eigenvalue weighted by atomic mass is 9.93. The zero-order valence-electron chi connectivity index (χ0n) is 18.1. The molecule has 2 aromatic carbocycles. The summed E-state index contributed by atoms with van der Waals surface area (Å²) < 4.78 is 5.51. The number of carboxylic acids is 1. The minimum absolute atomic E-state index is 0.0268. The molecule has 0 radical (unpaired) electrons. The fourth-order valence-electron chi connectivity index (χ4n) is 4.63. The number of hydrogen-bond donors (Lipinski definition) is 2. The van der Waals surface area contributed by atoms with E-state index < -0.39 is 18.1 Å². The number of nitrogens with one attached hydrogen (secondary N) is 1. The number of likely N-dealkylation sites (tertiary alicyclic amines) is 1. The summed E-state index contributed by atoms with van der Waals surface area (Å²) in [6, 6.07) is 15.6. The molecule has 0 spiro atoms. The summed E-state index contributed by atoms with van der Waals surface area (Å²) in [5.74, 6) is -0.632. The first-order chi connectivity index (χ1) is 15.4. The summed E-state index contributed by atoms with van der Waals surface area (Å²) in [4.78, 5) is 37.2. The monoisotopic (exact) mass is 436 g/mol. The smallest absolute Gasteiger partial charge is 0.407 e. The van der Waals surface area contributed by atoms with Gasteiger partial charge in [0.25, 0.3) is 0 Å². The summed E-state index contributed by atoms with van der Waals surface area (Å²) in [5, 5.41) is 11.4. The normalized spacial score (nSPS) is 16.0. The molecule has 0 bridgehead atoms. The highest BCUT2D eigenvalue weighted by atomic mass is 16.5. The van der Waals surface area contributed by atoms with Crippen LogP contribution in [0.4, 0.5) is 4.79 Å². The number of carbonyl (C=O) groups excluding carboxylic acids is 2. The van der Waals surface area contributed by atoms with E-state index in [1.165, 1.54) is 0 Å². The van der Waals surface area contributed by atoms with Gasteiger partial charge in [-0.3, -0.25) is 9.59 Å². The number of benzene rings is 2. The average Bonchev–Trinajstić information content (AvgIpc) is 3.07. The first-order valence-corrected chi connectivity index (χ1v) is 11.1. The molecule has 32 heavy (non-hydrogen) atoms. The lowest BCUT2D eigenvalue weighted by Gasteiger charge is -2.40. The number of aliphatic carboxylic acids is 1. The fourth-order valence-corrected chi connectivity index (χ4v) is 4.63. The Labute approximate surface area is 187 Å². The Morgan fingerprint density at radius 2 is 1.66 bits per heavy atom. The summed E-state index contributed by atoms with van der Waals surface area (Å²) in [6.07, 6.45) is 0.968. The Kier molecular flexibility index (Phi) is 6.44. The van der Waals surface area contributed by atoms with E-state index >= 15 is 0 Å². The van der Waals surface area contributed by atoms with E-state index in [4.69, 9.17) is 9.84 Å². The summed E-state index contributed by atoms with van der Waals surface area (Å²) in [5.41, 5.74) is 4.60. The van der Waals surface area contributed by atoms with Crippen LogP contribution in [0.5, 0.6) is 0 Å². The topological polar surface area (TPSA) is 95.9 Å². The van der Waals surface area contributed by atoms with Gasteiger partial charge < -0.3 is 20.1 Å². The minimum Gasteiger partial charge on any atom is -0.481 e. The standard InChI is InChI=1S/C25H28N2O5/c1-16(24(30)27-13-17(14-27)7-6-12-23(28)29)26-25(31)32-15-22-20-10-4-2-8-18(20)19-9-3-5-11-21(19)22/h2-5,8-11,16-17,22H,6-7,12-15H2,1H3,(H,26,31)(H,28,29)/t16-/m1/s1. The van der Waals surface area contributed by atoms with Crippen LogP contribution in [0.2, 0.25) is 0 Å². The summed E-state index contributed by atoms with van der Waals surface area (Å²) in [7, 11) is 0. The molecule has 1 aliphatic heterocycles. The number of carboxylic acid groups (broad SMARTS) is 1. The van der Waals surface area contributed by atoms with E-state index in [2.05, 4.69) is 29.6 Å². The number of carbonyl (C=O) groups is 3. The molecule has 7 heteroatoms. The maximum Gasteiger partial charge on any atom is 0.407 e. The van der Waals surface area contributed by atoms with Gasteiger partial charge in [0.15, 0.2) is 0 Å². The van der Waals surface area contributed by atoms with Gasteiger partial charge in [0, 0.05) is 25.4 Å². The van der Waals surface area contributed by atoms with Crippen molar-refractivity contribution in [1.29, 1.82) is 0 Å². The highest BCUT2D eigenvalue weighted by molar-refractivity contribution is 5.86. The second kappa shape index (κ2) is 9.42. The van der Waals surface area contributed by atoms with Crippen molar-refractivity contribution in [2.24, 2.45) is 5.92 Å². The van der Waals surface area contributed by atoms with Crippen molar-refractivity contribution < 1.29 is 24.2 Å². The number of hydrogen-bond acceptors (Lipinski definition) is 4. The van der Waals surface area contributed by atoms with E-state index in [0.29, 0.717) is 25.4 Å². The maximum atomic E-state index is 12.5. The molecule has 1 aliphatic carbocycles. The van der Waals surface area contributed by atoms with Crippen molar-refractivity contribution in [3.05, 3.63) is 59.7 Å². The molecule has 0 unspecified atom stereocenters. The Morgan fingerprint density at radius 1 is 1.06 bits per heavy atom. The predicted octanol–water partition coefficient (Wildman–Crippen LogP) is 3.63. The highest BCUT2D eigenvalue weighted by Gasteiger charge is 2.34. The summed E-state index contributed by atoms with van der Waals surface area (Å²) in [6.45, 7) is 3.07. The van der Waals surface area contributed by atoms with Crippen molar-refractivity contribution in [3.63, 3.8) is 0 Å². The van der Waals surface area contributed by atoms with Gasteiger partial charge in [0.2, 0.25) is 5.91 Å². The molecule has 2 N–H and O–H groups in total. The molecule has 0 saturated carbocycles. The quantitative estimate of drug-likeness (QED) is 0.659. The van der Waals surface area contributed by atoms with Crippen molar-refractivity contribution in [1.82, 2.24) is 10.2 Å². The first kappa shape index (κ1) is 21.9. The van der Waals surface area contributed by atoms with Gasteiger partial charge in [0.1, 0.15) is 12.6 Å². The molecule has 2 aromatic rings. The van der Waals surface area contributed by atoms with Crippen LogP contribution >= 0.6 is 0 Å². The second-order valence-corrected chi connectivity index (χ2v) is 8.59. The first-order valence-electron chi connectivity index (χ1n) is 11.1. The molecule has 1 fully saturated rings. The van der Waals surface area contributed by atoms with Gasteiger partial charge in [-0.25, -0.2) is 4.79 Å². The van der Waals surface area contributed by atoms with Crippen molar-refractivity contribution in [2.75, 3.05) is 19.7 Å². The van der Waals surface area contributed by atoms with E-state index in [9.17, 15) is 14.4 Å². The number of amides is 2. The summed E-state index contributed by atoms with van der Waals surface area (Å²) >= 11 is 0. The van der Waals surface area contributed by atoms with Crippen LogP contribution in [0.3, 0.4) is 0 Å². The molecular weight excluding hydrogens is 408 g/mol. The molecular formula is C25H28N2O5. The van der Waals surface area contributed by atoms with E-state index in [1.807, 2.05) is 24.3 Å². The molecule has 0 aromatic heterocycles. The van der Waals surface area contributed by atoms with Crippen molar-refractivity contribution in [3.8, 4) is 11.1 Å². The molecule has 2 aliphatic rings. The van der Waals surface area contributed by atoms with Gasteiger partial charge in [0.05, 0.1) is 0 Å². The largest absolute Gasteiger partial charge is 0.481 e. The van der Waals surface area contributed by atoms with Crippen molar-refractivity contribution in [2.45, 2.75) is 38.1 Å². The Balaban J connectivity index is 1.25. The fraction of sp³-hybridized carbons (Fsp3) is 0.400. The molecule has 1 heterocycles. The van der Waals surface area contributed by atoms with E-state index in [-0.39, 0.29) is 24.9 Å². The molecule has 7 nitrogen and oxygen atoms in total. The lowest BCUT2D eigenvalue weighted by Crippen LogP contribution is -2.56. The number of rotatable bonds is 8. The molecule has 168 valence electrons. The Hall–Kier alpha value is -3.35. The number of ether oxygens (including phenoxy) is 1. The van der Waals surface area contributed by atoms with Gasteiger partial charge in [-0.2, -0.15) is 0 Å². The second-order valence-electron chi connectivity index (χ2n) is 8.59. The SMILES string of the molecule is C[C@@H](NC(=O)OCC1c2ccccc2-c2ccccc21)C(=O)N1CC(CCCC(=O)O)C1. The van der Waals surface area contributed by atoms with Crippen molar-refractivity contribution >= 4 is 18.0 Å². The third-order valence-electron chi connectivity index (χ3n) is 6.32. The molecule has 1 saturated heterocycles. The van der Waals surface area contributed by atoms with Gasteiger partial charge in [-0.15, -0.1) is 0 Å². The molecule has 2 amide bonds. The van der Waals surface area contributed by atoms with Gasteiger partial charge in [-0.1, -0.05) is 48.5 Å². The maximum absolute atomic E-state index is 12.5. The van der Waals surface area contributed by atoms with Crippen LogP contribution in [0.1, 0.15) is 43.2 Å². The van der Waals surface area contributed by atoms with Crippen LogP contribution < -0.4 is 5.32 Å². The minimum atomic E-state index is -0.793. The number of alkyl carbamates (subject to hydrolysis) is 1. The molecule has 4 rings (SSSR count). The van der Waals surface area contributed by atoms with Crippen LogP contribution in [0, 0.1) is 5.92 Å².